The first-order valence-electron chi connectivity index (χ1n) is 18.3. The number of allylic oxidation sites excluding steroid dienone is 4. The Labute approximate surface area is 285 Å². The summed E-state index contributed by atoms with van der Waals surface area (Å²) in [7, 11) is -4.60. The minimum absolute atomic E-state index is 0.183. The van der Waals surface area contributed by atoms with Crippen LogP contribution in [-0.4, -0.2) is 65.7 Å². The average molecular weight is 691 g/mol. The normalized spacial score (nSPS) is 14.4. The number of rotatable bonds is 34. The van der Waals surface area contributed by atoms with E-state index < -0.39 is 51.8 Å². The fourth-order valence-electron chi connectivity index (χ4n) is 4.73. The van der Waals surface area contributed by atoms with Crippen molar-refractivity contribution in [1.82, 2.24) is 0 Å². The van der Waals surface area contributed by atoms with Crippen molar-refractivity contribution in [3.8, 4) is 0 Å². The van der Waals surface area contributed by atoms with Gasteiger partial charge in [0.05, 0.1) is 19.8 Å². The number of hydrogen-bond donors (Lipinski definition) is 3. The maximum atomic E-state index is 12.5. The third kappa shape index (κ3) is 32.8. The van der Waals surface area contributed by atoms with Crippen LogP contribution in [0, 0.1) is 0 Å². The number of aliphatic hydroxyl groups excluding tert-OH is 2. The molecule has 0 heterocycles. The second kappa shape index (κ2) is 33.0. The molecule has 11 heteroatoms. The van der Waals surface area contributed by atoms with Gasteiger partial charge < -0.3 is 24.6 Å². The first kappa shape index (κ1) is 45.5. The fourth-order valence-corrected chi connectivity index (χ4v) is 5.52. The summed E-state index contributed by atoms with van der Waals surface area (Å²) >= 11 is 0. The van der Waals surface area contributed by atoms with Crippen LogP contribution in [0.2, 0.25) is 0 Å². The van der Waals surface area contributed by atoms with Crippen LogP contribution in [0.25, 0.3) is 0 Å². The molecule has 0 spiro atoms. The van der Waals surface area contributed by atoms with E-state index in [1.165, 1.54) is 57.8 Å². The van der Waals surface area contributed by atoms with E-state index in [4.69, 9.17) is 19.1 Å². The summed E-state index contributed by atoms with van der Waals surface area (Å²) in [6.07, 6.45) is 28.7. The van der Waals surface area contributed by atoms with Gasteiger partial charge in [-0.2, -0.15) is 0 Å². The van der Waals surface area contributed by atoms with Crippen LogP contribution in [-0.2, 0) is 32.7 Å². The van der Waals surface area contributed by atoms with E-state index in [2.05, 4.69) is 42.7 Å². The van der Waals surface area contributed by atoms with Gasteiger partial charge in [0, 0.05) is 12.8 Å². The maximum absolute atomic E-state index is 12.5. The minimum atomic E-state index is -4.60. The number of phosphoric acid groups is 1. The molecule has 0 radical (unpaired) electrons. The molecule has 0 aromatic rings. The number of unbranched alkanes of at least 4 members (excludes halogenated alkanes) is 16. The molecule has 0 aliphatic carbocycles. The number of phosphoric ester groups is 1. The number of hydrogen-bond acceptors (Lipinski definition) is 9. The topological polar surface area (TPSA) is 149 Å². The fraction of sp³-hybridized carbons (Fsp3) is 0.833. The van der Waals surface area contributed by atoms with Gasteiger partial charge in [-0.3, -0.25) is 18.6 Å². The van der Waals surface area contributed by atoms with Gasteiger partial charge in [-0.05, 0) is 44.9 Å². The highest BCUT2D eigenvalue weighted by Crippen LogP contribution is 2.43. The molecule has 276 valence electrons. The Morgan fingerprint density at radius 2 is 1.11 bits per heavy atom. The lowest BCUT2D eigenvalue weighted by atomic mass is 10.1. The Morgan fingerprint density at radius 3 is 1.68 bits per heavy atom. The lowest BCUT2D eigenvalue weighted by Crippen LogP contribution is -2.29. The molecule has 0 rings (SSSR count). The zero-order valence-corrected chi connectivity index (χ0v) is 30.4. The molecule has 3 atom stereocenters. The molecule has 0 aromatic carbocycles. The summed E-state index contributed by atoms with van der Waals surface area (Å²) in [4.78, 5) is 34.7. The molecule has 3 N–H and O–H groups in total. The summed E-state index contributed by atoms with van der Waals surface area (Å²) in [5.74, 6) is -0.944. The molecule has 47 heavy (non-hydrogen) atoms. The van der Waals surface area contributed by atoms with Crippen LogP contribution in [0.4, 0.5) is 0 Å². The Kier molecular flexibility index (Phi) is 31.9. The van der Waals surface area contributed by atoms with Crippen LogP contribution in [0.15, 0.2) is 24.3 Å². The van der Waals surface area contributed by atoms with E-state index in [0.29, 0.717) is 12.8 Å². The van der Waals surface area contributed by atoms with Crippen molar-refractivity contribution in [1.29, 1.82) is 0 Å². The summed E-state index contributed by atoms with van der Waals surface area (Å²) in [5, 5.41) is 18.2. The third-order valence-corrected chi connectivity index (χ3v) is 8.56. The Balaban J connectivity index is 4.37. The smallest absolute Gasteiger partial charge is 0.462 e. The molecule has 0 aliphatic rings. The highest BCUT2D eigenvalue weighted by molar-refractivity contribution is 7.47. The number of ether oxygens (including phenoxy) is 2. The highest BCUT2D eigenvalue weighted by atomic mass is 31.2. The van der Waals surface area contributed by atoms with Crippen LogP contribution in [0.5, 0.6) is 0 Å². The highest BCUT2D eigenvalue weighted by Gasteiger charge is 2.27. The van der Waals surface area contributed by atoms with Gasteiger partial charge in [-0.15, -0.1) is 0 Å². The average Bonchev–Trinajstić information content (AvgIpc) is 3.05. The van der Waals surface area contributed by atoms with Crippen LogP contribution < -0.4 is 0 Å². The maximum Gasteiger partial charge on any atom is 0.472 e. The number of aliphatic hydroxyl groups is 2. The third-order valence-electron chi connectivity index (χ3n) is 7.61. The molecule has 0 aromatic heterocycles. The Hall–Kier alpha value is -1.55. The predicted molar refractivity (Wildman–Crippen MR) is 187 cm³/mol. The Morgan fingerprint density at radius 1 is 0.638 bits per heavy atom. The Bertz CT molecular complexity index is 848. The van der Waals surface area contributed by atoms with Crippen LogP contribution in [0.3, 0.4) is 0 Å². The second-order valence-electron chi connectivity index (χ2n) is 12.3. The lowest BCUT2D eigenvalue weighted by molar-refractivity contribution is -0.161. The van der Waals surface area contributed by atoms with E-state index in [1.807, 2.05) is 0 Å². The van der Waals surface area contributed by atoms with Gasteiger partial charge in [-0.1, -0.05) is 122 Å². The lowest BCUT2D eigenvalue weighted by Gasteiger charge is -2.20. The summed E-state index contributed by atoms with van der Waals surface area (Å²) in [6, 6.07) is 0. The van der Waals surface area contributed by atoms with E-state index >= 15 is 0 Å². The molecule has 0 bridgehead atoms. The number of esters is 2. The summed E-state index contributed by atoms with van der Waals surface area (Å²) in [5.41, 5.74) is 0. The molecular formula is C36H67O10P. The van der Waals surface area contributed by atoms with Gasteiger partial charge in [0.2, 0.25) is 0 Å². The monoisotopic (exact) mass is 690 g/mol. The first-order chi connectivity index (χ1) is 22.7. The van der Waals surface area contributed by atoms with E-state index in [9.17, 15) is 24.2 Å². The van der Waals surface area contributed by atoms with E-state index in [-0.39, 0.29) is 19.4 Å². The molecule has 1 unspecified atom stereocenters. The molecule has 0 saturated heterocycles. The standard InChI is InChI=1S/C36H67O10P/c1-3-5-7-9-11-13-14-15-16-17-18-20-21-23-25-27-35(39)43-31-34(32-45-47(41,42)44-30-33(38)29-37)46-36(40)28-26-24-22-19-12-10-8-6-4-2/h11,13,15-16,33-34,37-38H,3-10,12,14,17-32H2,1-2H3,(H,41,42)/b13-11-,16-15-/t33-,34+/m0/s1. The number of carbonyl (C=O) groups excluding carboxylic acids is 2. The molecular weight excluding hydrogens is 623 g/mol. The predicted octanol–water partition coefficient (Wildman–Crippen LogP) is 8.66. The number of carbonyl (C=O) groups is 2. The molecule has 10 nitrogen and oxygen atoms in total. The zero-order chi connectivity index (χ0) is 34.9. The molecule has 0 fully saturated rings. The van der Waals surface area contributed by atoms with Crippen molar-refractivity contribution in [2.24, 2.45) is 0 Å². The van der Waals surface area contributed by atoms with Crippen molar-refractivity contribution in [3.63, 3.8) is 0 Å². The van der Waals surface area contributed by atoms with E-state index in [1.54, 1.807) is 0 Å². The first-order valence-corrected chi connectivity index (χ1v) is 19.8. The van der Waals surface area contributed by atoms with Gasteiger partial charge in [-0.25, -0.2) is 4.57 Å². The van der Waals surface area contributed by atoms with Gasteiger partial charge >= 0.3 is 19.8 Å². The van der Waals surface area contributed by atoms with Crippen molar-refractivity contribution in [2.75, 3.05) is 26.4 Å². The van der Waals surface area contributed by atoms with Crippen molar-refractivity contribution >= 4 is 19.8 Å². The van der Waals surface area contributed by atoms with E-state index in [0.717, 1.165) is 57.8 Å². The molecule has 0 aliphatic heterocycles. The van der Waals surface area contributed by atoms with Gasteiger partial charge in [0.1, 0.15) is 12.7 Å². The molecule has 0 saturated carbocycles. The second-order valence-corrected chi connectivity index (χ2v) is 13.7. The minimum Gasteiger partial charge on any atom is -0.462 e. The SMILES string of the molecule is CCCCC/C=C\C/C=C\CCCCCCCC(=O)OC[C@H](COP(=O)(O)OC[C@@H](O)CO)OC(=O)CCCCCCCCCCC. The largest absolute Gasteiger partial charge is 0.472 e. The van der Waals surface area contributed by atoms with Crippen molar-refractivity contribution in [2.45, 2.75) is 167 Å². The zero-order valence-electron chi connectivity index (χ0n) is 29.5. The molecule has 0 amide bonds. The van der Waals surface area contributed by atoms with Crippen LogP contribution >= 0.6 is 7.82 Å². The summed E-state index contributed by atoms with van der Waals surface area (Å²) < 4.78 is 32.5. The van der Waals surface area contributed by atoms with Crippen molar-refractivity contribution in [3.05, 3.63) is 24.3 Å². The van der Waals surface area contributed by atoms with Gasteiger partial charge in [0.15, 0.2) is 6.10 Å². The van der Waals surface area contributed by atoms with Crippen LogP contribution in [0.1, 0.15) is 155 Å². The summed E-state index contributed by atoms with van der Waals surface area (Å²) in [6.45, 7) is 2.29. The quantitative estimate of drug-likeness (QED) is 0.0259. The van der Waals surface area contributed by atoms with Gasteiger partial charge in [0.25, 0.3) is 0 Å². The van der Waals surface area contributed by atoms with Crippen molar-refractivity contribution < 1.29 is 47.8 Å².